The Kier molecular flexibility index (Phi) is 3.96. The molecule has 0 aliphatic rings. The molecule has 82 valence electrons. The van der Waals surface area contributed by atoms with Gasteiger partial charge in [-0.25, -0.2) is 8.78 Å². The maximum Gasteiger partial charge on any atom is 0.309 e. The molecular formula is C9H8ClF2NO2. The average molecular weight is 236 g/mol. The summed E-state index contributed by atoms with van der Waals surface area (Å²) in [5.74, 6) is -1.22. The first-order valence-electron chi connectivity index (χ1n) is 4.09. The Bertz CT molecular complexity index is 371. The second-order valence-electron chi connectivity index (χ2n) is 2.84. The Morgan fingerprint density at radius 3 is 2.67 bits per heavy atom. The van der Waals surface area contributed by atoms with E-state index in [1.54, 1.807) is 0 Å². The molecule has 0 atom stereocenters. The highest BCUT2D eigenvalue weighted by Gasteiger charge is 2.14. The van der Waals surface area contributed by atoms with Crippen LogP contribution in [-0.4, -0.2) is 16.1 Å². The second-order valence-corrected chi connectivity index (χ2v) is 3.11. The summed E-state index contributed by atoms with van der Waals surface area (Å²) in [7, 11) is 0. The van der Waals surface area contributed by atoms with Crippen molar-refractivity contribution in [2.24, 2.45) is 0 Å². The smallest absolute Gasteiger partial charge is 0.309 e. The van der Waals surface area contributed by atoms with Crippen molar-refractivity contribution < 1.29 is 18.7 Å². The number of halogens is 3. The van der Waals surface area contributed by atoms with Gasteiger partial charge in [0.2, 0.25) is 0 Å². The van der Waals surface area contributed by atoms with E-state index < -0.39 is 12.4 Å². The summed E-state index contributed by atoms with van der Waals surface area (Å²) in [4.78, 5) is 14.1. The molecule has 0 fully saturated rings. The molecule has 0 radical (unpaired) electrons. The highest BCUT2D eigenvalue weighted by atomic mass is 35.5. The van der Waals surface area contributed by atoms with Gasteiger partial charge in [-0.05, 0) is 12.1 Å². The van der Waals surface area contributed by atoms with Gasteiger partial charge in [-0.1, -0.05) is 0 Å². The zero-order valence-electron chi connectivity index (χ0n) is 7.58. The van der Waals surface area contributed by atoms with Crippen molar-refractivity contribution in [3.05, 3.63) is 29.1 Å². The summed E-state index contributed by atoms with van der Waals surface area (Å²) in [6.45, 7) is 0. The normalized spacial score (nSPS) is 10.7. The number of aliphatic carboxylic acids is 1. The lowest BCUT2D eigenvalue weighted by Gasteiger charge is -2.06. The molecule has 0 spiro atoms. The Labute approximate surface area is 89.7 Å². The topological polar surface area (TPSA) is 50.2 Å². The number of aromatic nitrogens is 1. The quantitative estimate of drug-likeness (QED) is 0.816. The lowest BCUT2D eigenvalue weighted by atomic mass is 10.1. The second kappa shape index (κ2) is 5.02. The van der Waals surface area contributed by atoms with Gasteiger partial charge in [-0.3, -0.25) is 9.78 Å². The predicted molar refractivity (Wildman–Crippen MR) is 50.1 cm³/mol. The standard InChI is InChI=1S/C9H8ClF2NO2/c10-4-7-6(9(11)12)2-1-5(13-7)3-8(14)15/h1-2,9H,3-4H2,(H,14,15). The van der Waals surface area contributed by atoms with Crippen LogP contribution in [0, 0.1) is 0 Å². The van der Waals surface area contributed by atoms with E-state index in [0.29, 0.717) is 0 Å². The van der Waals surface area contributed by atoms with Crippen LogP contribution in [0.1, 0.15) is 23.4 Å². The number of alkyl halides is 3. The minimum atomic E-state index is -2.65. The molecule has 1 aromatic rings. The maximum absolute atomic E-state index is 12.4. The van der Waals surface area contributed by atoms with Crippen molar-refractivity contribution in [3.63, 3.8) is 0 Å². The van der Waals surface area contributed by atoms with Crippen molar-refractivity contribution in [1.82, 2.24) is 4.98 Å². The monoisotopic (exact) mass is 235 g/mol. The lowest BCUT2D eigenvalue weighted by Crippen LogP contribution is -2.05. The third-order valence-electron chi connectivity index (χ3n) is 1.76. The maximum atomic E-state index is 12.4. The summed E-state index contributed by atoms with van der Waals surface area (Å²) in [6, 6.07) is 2.43. The van der Waals surface area contributed by atoms with Crippen molar-refractivity contribution >= 4 is 17.6 Å². The van der Waals surface area contributed by atoms with Crippen LogP contribution in [0.2, 0.25) is 0 Å². The van der Waals surface area contributed by atoms with Gasteiger partial charge in [-0.15, -0.1) is 11.6 Å². The SMILES string of the molecule is O=C(O)Cc1ccc(C(F)F)c(CCl)n1. The van der Waals surface area contributed by atoms with E-state index in [9.17, 15) is 13.6 Å². The van der Waals surface area contributed by atoms with Crippen LogP contribution in [0.25, 0.3) is 0 Å². The van der Waals surface area contributed by atoms with Crippen LogP contribution in [0.5, 0.6) is 0 Å². The summed E-state index contributed by atoms with van der Waals surface area (Å²) in [6.07, 6.45) is -2.95. The van der Waals surface area contributed by atoms with Crippen molar-refractivity contribution in [3.8, 4) is 0 Å². The summed E-state index contributed by atoms with van der Waals surface area (Å²) < 4.78 is 24.8. The van der Waals surface area contributed by atoms with Crippen molar-refractivity contribution in [1.29, 1.82) is 0 Å². The summed E-state index contributed by atoms with van der Waals surface area (Å²) in [5, 5.41) is 8.49. The van der Waals surface area contributed by atoms with Crippen molar-refractivity contribution in [2.45, 2.75) is 18.7 Å². The Morgan fingerprint density at radius 1 is 1.53 bits per heavy atom. The first-order chi connectivity index (χ1) is 7.04. The van der Waals surface area contributed by atoms with Gasteiger partial charge in [0.25, 0.3) is 6.43 Å². The molecule has 0 saturated carbocycles. The first kappa shape index (κ1) is 11.8. The number of hydrogen-bond acceptors (Lipinski definition) is 2. The number of nitrogens with zero attached hydrogens (tertiary/aromatic N) is 1. The van der Waals surface area contributed by atoms with Crippen LogP contribution >= 0.6 is 11.6 Å². The predicted octanol–water partition coefficient (Wildman–Crippen LogP) is 2.39. The van der Waals surface area contributed by atoms with E-state index in [0.717, 1.165) is 6.07 Å². The van der Waals surface area contributed by atoms with Crippen molar-refractivity contribution in [2.75, 3.05) is 0 Å². The molecule has 1 aromatic heterocycles. The minimum Gasteiger partial charge on any atom is -0.481 e. The number of carboxylic acid groups (broad SMARTS) is 1. The van der Waals surface area contributed by atoms with Crippen LogP contribution < -0.4 is 0 Å². The summed E-state index contributed by atoms with van der Waals surface area (Å²) >= 11 is 5.44. The molecule has 0 amide bonds. The van der Waals surface area contributed by atoms with Crippen LogP contribution in [0.15, 0.2) is 12.1 Å². The number of carboxylic acids is 1. The Balaban J connectivity index is 3.02. The van der Waals surface area contributed by atoms with Gasteiger partial charge in [0.15, 0.2) is 0 Å². The fourth-order valence-electron chi connectivity index (χ4n) is 1.12. The molecule has 6 heteroatoms. The molecule has 3 nitrogen and oxygen atoms in total. The fraction of sp³-hybridized carbons (Fsp3) is 0.333. The molecular weight excluding hydrogens is 228 g/mol. The van der Waals surface area contributed by atoms with E-state index >= 15 is 0 Å². The van der Waals surface area contributed by atoms with Crippen LogP contribution in [-0.2, 0) is 17.1 Å². The Hall–Kier alpha value is -1.23. The van der Waals surface area contributed by atoms with E-state index in [-0.39, 0.29) is 29.3 Å². The Morgan fingerprint density at radius 2 is 2.20 bits per heavy atom. The summed E-state index contributed by atoms with van der Waals surface area (Å²) in [5.41, 5.74) is 0.00658. The van der Waals surface area contributed by atoms with Crippen LogP contribution in [0.3, 0.4) is 0 Å². The largest absolute Gasteiger partial charge is 0.481 e. The molecule has 0 bridgehead atoms. The van der Waals surface area contributed by atoms with Gasteiger partial charge in [0.05, 0.1) is 23.7 Å². The van der Waals surface area contributed by atoms with E-state index in [4.69, 9.17) is 16.7 Å². The van der Waals surface area contributed by atoms with Gasteiger partial charge in [0.1, 0.15) is 0 Å². The zero-order chi connectivity index (χ0) is 11.4. The molecule has 0 aromatic carbocycles. The molecule has 15 heavy (non-hydrogen) atoms. The number of hydrogen-bond donors (Lipinski definition) is 1. The molecule has 0 aliphatic carbocycles. The van der Waals surface area contributed by atoms with Gasteiger partial charge in [0, 0.05) is 5.56 Å². The highest BCUT2D eigenvalue weighted by molar-refractivity contribution is 6.17. The third kappa shape index (κ3) is 3.13. The molecule has 1 heterocycles. The molecule has 0 saturated heterocycles. The van der Waals surface area contributed by atoms with Gasteiger partial charge < -0.3 is 5.11 Å². The van der Waals surface area contributed by atoms with E-state index in [2.05, 4.69) is 4.98 Å². The third-order valence-corrected chi connectivity index (χ3v) is 2.01. The molecule has 1 rings (SSSR count). The number of pyridine rings is 1. The fourth-order valence-corrected chi connectivity index (χ4v) is 1.33. The highest BCUT2D eigenvalue weighted by Crippen LogP contribution is 2.23. The van der Waals surface area contributed by atoms with E-state index in [1.807, 2.05) is 0 Å². The molecule has 0 aliphatic heterocycles. The molecule has 0 unspecified atom stereocenters. The first-order valence-corrected chi connectivity index (χ1v) is 4.62. The number of rotatable bonds is 4. The minimum absolute atomic E-state index is 0.0328. The zero-order valence-corrected chi connectivity index (χ0v) is 8.34. The molecule has 1 N–H and O–H groups in total. The van der Waals surface area contributed by atoms with Gasteiger partial charge >= 0.3 is 5.97 Å². The van der Waals surface area contributed by atoms with Gasteiger partial charge in [-0.2, -0.15) is 0 Å². The van der Waals surface area contributed by atoms with Crippen LogP contribution in [0.4, 0.5) is 8.78 Å². The van der Waals surface area contributed by atoms with E-state index in [1.165, 1.54) is 6.07 Å². The number of carbonyl (C=O) groups is 1. The average Bonchev–Trinajstić information content (AvgIpc) is 2.16. The lowest BCUT2D eigenvalue weighted by molar-refractivity contribution is -0.136.